The van der Waals surface area contributed by atoms with Gasteiger partial charge in [-0.05, 0) is 42.3 Å². The average Bonchev–Trinajstić information content (AvgIpc) is 2.61. The van der Waals surface area contributed by atoms with Crippen LogP contribution in [-0.4, -0.2) is 24.5 Å². The van der Waals surface area contributed by atoms with Gasteiger partial charge >= 0.3 is 0 Å². The number of benzene rings is 2. The Hall–Kier alpha value is -1.98. The second-order valence-electron chi connectivity index (χ2n) is 5.08. The van der Waals surface area contributed by atoms with Gasteiger partial charge in [-0.15, -0.1) is 11.8 Å². The van der Waals surface area contributed by atoms with E-state index in [-0.39, 0.29) is 5.91 Å². The number of hydrazone groups is 1. The topological polar surface area (TPSA) is 50.7 Å². The fourth-order valence-electron chi connectivity index (χ4n) is 1.92. The van der Waals surface area contributed by atoms with Gasteiger partial charge in [-0.25, -0.2) is 5.43 Å². The quantitative estimate of drug-likeness (QED) is 0.595. The van der Waals surface area contributed by atoms with E-state index < -0.39 is 0 Å². The molecule has 0 fully saturated rings. The van der Waals surface area contributed by atoms with Crippen molar-refractivity contribution in [3.63, 3.8) is 0 Å². The summed E-state index contributed by atoms with van der Waals surface area (Å²) >= 11 is 7.39. The minimum Gasteiger partial charge on any atom is -0.497 e. The highest BCUT2D eigenvalue weighted by Gasteiger charge is 2.03. The molecule has 2 aromatic carbocycles. The Morgan fingerprint density at radius 1 is 1.17 bits per heavy atom. The lowest BCUT2D eigenvalue weighted by molar-refractivity contribution is -0.118. The second kappa shape index (κ2) is 9.35. The molecule has 0 bridgehead atoms. The van der Waals surface area contributed by atoms with Crippen LogP contribution in [0.15, 0.2) is 53.6 Å². The minimum absolute atomic E-state index is 0.123. The summed E-state index contributed by atoms with van der Waals surface area (Å²) in [5, 5.41) is 4.79. The molecule has 0 unspecified atom stereocenters. The lowest BCUT2D eigenvalue weighted by atomic mass is 10.1. The van der Waals surface area contributed by atoms with E-state index in [4.69, 9.17) is 16.3 Å². The number of methoxy groups -OCH3 is 1. The number of carbonyl (C=O) groups is 1. The van der Waals surface area contributed by atoms with Gasteiger partial charge in [0.15, 0.2) is 0 Å². The van der Waals surface area contributed by atoms with Crippen LogP contribution in [0, 0.1) is 0 Å². The van der Waals surface area contributed by atoms with Crippen molar-refractivity contribution in [1.82, 2.24) is 5.43 Å². The normalized spacial score (nSPS) is 11.2. The molecule has 6 heteroatoms. The molecule has 0 spiro atoms. The van der Waals surface area contributed by atoms with Gasteiger partial charge < -0.3 is 4.74 Å². The molecule has 0 atom stereocenters. The Labute approximate surface area is 151 Å². The van der Waals surface area contributed by atoms with Crippen molar-refractivity contribution < 1.29 is 9.53 Å². The van der Waals surface area contributed by atoms with Crippen molar-refractivity contribution in [1.29, 1.82) is 0 Å². The zero-order valence-corrected chi connectivity index (χ0v) is 15.2. The monoisotopic (exact) mass is 362 g/mol. The van der Waals surface area contributed by atoms with Crippen LogP contribution in [0.25, 0.3) is 0 Å². The molecule has 0 aliphatic carbocycles. The van der Waals surface area contributed by atoms with Crippen LogP contribution in [0.2, 0.25) is 5.02 Å². The summed E-state index contributed by atoms with van der Waals surface area (Å²) in [6, 6.07) is 15.1. The van der Waals surface area contributed by atoms with Crippen molar-refractivity contribution in [3.8, 4) is 5.75 Å². The van der Waals surface area contributed by atoms with Crippen LogP contribution in [0.3, 0.4) is 0 Å². The van der Waals surface area contributed by atoms with Crippen molar-refractivity contribution in [3.05, 3.63) is 64.7 Å². The summed E-state index contributed by atoms with van der Waals surface area (Å²) in [6.45, 7) is 1.84. The molecule has 0 aliphatic heterocycles. The predicted octanol–water partition coefficient (Wildman–Crippen LogP) is 4.12. The second-order valence-corrected chi connectivity index (χ2v) is 6.50. The van der Waals surface area contributed by atoms with Gasteiger partial charge in [-0.1, -0.05) is 35.9 Å². The zero-order chi connectivity index (χ0) is 17.4. The lowest BCUT2D eigenvalue weighted by Crippen LogP contribution is -2.21. The van der Waals surface area contributed by atoms with Gasteiger partial charge in [0.25, 0.3) is 0 Å². The highest BCUT2D eigenvalue weighted by Crippen LogP contribution is 2.16. The zero-order valence-electron chi connectivity index (χ0n) is 13.6. The minimum atomic E-state index is -0.123. The Morgan fingerprint density at radius 2 is 1.83 bits per heavy atom. The fourth-order valence-corrected chi connectivity index (χ4v) is 2.82. The SMILES string of the molecule is COc1ccc(CSCC(=O)NN=C(C)c2ccc(Cl)cc2)cc1. The van der Waals surface area contributed by atoms with E-state index in [0.29, 0.717) is 10.8 Å². The molecule has 1 N–H and O–H groups in total. The molecule has 0 heterocycles. The van der Waals surface area contributed by atoms with E-state index in [0.717, 1.165) is 28.3 Å². The number of rotatable bonds is 7. The van der Waals surface area contributed by atoms with Gasteiger partial charge in [-0.3, -0.25) is 4.79 Å². The summed E-state index contributed by atoms with van der Waals surface area (Å²) in [6.07, 6.45) is 0. The Bertz CT molecular complexity index is 700. The third kappa shape index (κ3) is 5.91. The van der Waals surface area contributed by atoms with E-state index in [1.165, 1.54) is 11.8 Å². The highest BCUT2D eigenvalue weighted by atomic mass is 35.5. The number of nitrogens with zero attached hydrogens (tertiary/aromatic N) is 1. The smallest absolute Gasteiger partial charge is 0.250 e. The number of carbonyl (C=O) groups excluding carboxylic acids is 1. The standard InChI is InChI=1S/C18H19ClN2O2S/c1-13(15-5-7-16(19)8-6-15)20-21-18(22)12-24-11-14-3-9-17(23-2)10-4-14/h3-10H,11-12H2,1-2H3,(H,21,22). The van der Waals surface area contributed by atoms with Crippen LogP contribution < -0.4 is 10.2 Å². The van der Waals surface area contributed by atoms with Crippen LogP contribution >= 0.6 is 23.4 Å². The molecule has 0 aliphatic rings. The van der Waals surface area contributed by atoms with E-state index in [1.807, 2.05) is 43.3 Å². The van der Waals surface area contributed by atoms with Crippen molar-refractivity contribution in [2.45, 2.75) is 12.7 Å². The maximum atomic E-state index is 11.8. The maximum Gasteiger partial charge on any atom is 0.250 e. The molecule has 126 valence electrons. The molecular weight excluding hydrogens is 344 g/mol. The number of nitrogens with one attached hydrogen (secondary N) is 1. The highest BCUT2D eigenvalue weighted by molar-refractivity contribution is 7.99. The van der Waals surface area contributed by atoms with Crippen LogP contribution in [0.4, 0.5) is 0 Å². The van der Waals surface area contributed by atoms with E-state index >= 15 is 0 Å². The van der Waals surface area contributed by atoms with Gasteiger partial charge in [0.2, 0.25) is 5.91 Å². The fraction of sp³-hybridized carbons (Fsp3) is 0.222. The summed E-state index contributed by atoms with van der Waals surface area (Å²) in [5.74, 6) is 1.82. The molecule has 2 rings (SSSR count). The molecule has 24 heavy (non-hydrogen) atoms. The number of hydrogen-bond donors (Lipinski definition) is 1. The summed E-state index contributed by atoms with van der Waals surface area (Å²) in [7, 11) is 1.64. The Balaban J connectivity index is 1.76. The number of ether oxygens (including phenoxy) is 1. The molecular formula is C18H19ClN2O2S. The molecule has 1 amide bonds. The van der Waals surface area contributed by atoms with Crippen LogP contribution in [0.5, 0.6) is 5.75 Å². The molecule has 0 saturated heterocycles. The first kappa shape index (κ1) is 18.4. The third-order valence-corrected chi connectivity index (χ3v) is 4.53. The van der Waals surface area contributed by atoms with Crippen LogP contribution in [0.1, 0.15) is 18.1 Å². The predicted molar refractivity (Wildman–Crippen MR) is 101 cm³/mol. The van der Waals surface area contributed by atoms with Crippen LogP contribution in [-0.2, 0) is 10.5 Å². The number of hydrogen-bond acceptors (Lipinski definition) is 4. The van der Waals surface area contributed by atoms with Gasteiger partial charge in [0.05, 0.1) is 18.6 Å². The van der Waals surface area contributed by atoms with E-state index in [1.54, 1.807) is 19.2 Å². The first-order valence-electron chi connectivity index (χ1n) is 7.38. The summed E-state index contributed by atoms with van der Waals surface area (Å²) in [5.41, 5.74) is 5.38. The largest absolute Gasteiger partial charge is 0.497 e. The van der Waals surface area contributed by atoms with Gasteiger partial charge in [0.1, 0.15) is 5.75 Å². The average molecular weight is 363 g/mol. The Kier molecular flexibility index (Phi) is 7.15. The molecule has 0 aromatic heterocycles. The molecule has 2 aromatic rings. The molecule has 4 nitrogen and oxygen atoms in total. The van der Waals surface area contributed by atoms with E-state index in [2.05, 4.69) is 10.5 Å². The Morgan fingerprint density at radius 3 is 2.46 bits per heavy atom. The van der Waals surface area contributed by atoms with Crippen molar-refractivity contribution in [2.24, 2.45) is 5.10 Å². The van der Waals surface area contributed by atoms with E-state index in [9.17, 15) is 4.79 Å². The molecule has 0 radical (unpaired) electrons. The first-order chi connectivity index (χ1) is 11.6. The lowest BCUT2D eigenvalue weighted by Gasteiger charge is -2.04. The molecule has 0 saturated carbocycles. The van der Waals surface area contributed by atoms with Crippen molar-refractivity contribution >= 4 is 35.0 Å². The van der Waals surface area contributed by atoms with Crippen molar-refractivity contribution in [2.75, 3.05) is 12.9 Å². The number of amides is 1. The van der Waals surface area contributed by atoms with Gasteiger partial charge in [-0.2, -0.15) is 5.10 Å². The number of thioether (sulfide) groups is 1. The first-order valence-corrected chi connectivity index (χ1v) is 8.91. The third-order valence-electron chi connectivity index (χ3n) is 3.27. The summed E-state index contributed by atoms with van der Waals surface area (Å²) < 4.78 is 5.12. The van der Waals surface area contributed by atoms with Gasteiger partial charge in [0, 0.05) is 10.8 Å². The summed E-state index contributed by atoms with van der Waals surface area (Å²) in [4.78, 5) is 11.8. The maximum absolute atomic E-state index is 11.8. The number of halogens is 1.